The molecule has 1 unspecified atom stereocenters. The Morgan fingerprint density at radius 3 is 3.00 bits per heavy atom. The van der Waals surface area contributed by atoms with Gasteiger partial charge >= 0.3 is 0 Å². The Morgan fingerprint density at radius 2 is 2.31 bits per heavy atom. The summed E-state index contributed by atoms with van der Waals surface area (Å²) in [4.78, 5) is 11.7. The quantitative estimate of drug-likeness (QED) is 0.234. The predicted octanol–water partition coefficient (Wildman–Crippen LogP) is 2.95. The van der Waals surface area contributed by atoms with Crippen LogP contribution in [0.1, 0.15) is 30.5 Å². The highest BCUT2D eigenvalue weighted by atomic mass is 127. The molecule has 2 heterocycles. The number of thiazole rings is 1. The maximum absolute atomic E-state index is 5.68. The van der Waals surface area contributed by atoms with E-state index in [-0.39, 0.29) is 24.0 Å². The molecule has 0 bridgehead atoms. The first-order valence-electron chi connectivity index (χ1n) is 9.23. The molecule has 1 aliphatic heterocycles. The predicted molar refractivity (Wildman–Crippen MR) is 119 cm³/mol. The SMILES string of the molecule is CCNC(=NCCCc1nc(C)cs1)N1CCC(COCCOC)C1.I. The molecular formula is C18H33IN4O2S. The number of aliphatic imine (C=N–C) groups is 1. The number of ether oxygens (including phenoxy) is 2. The fraction of sp³-hybridized carbons (Fsp3) is 0.778. The van der Waals surface area contributed by atoms with E-state index in [9.17, 15) is 0 Å². The number of methoxy groups -OCH3 is 1. The molecule has 2 rings (SSSR count). The maximum Gasteiger partial charge on any atom is 0.193 e. The summed E-state index contributed by atoms with van der Waals surface area (Å²) in [6.45, 7) is 10.1. The molecule has 8 heteroatoms. The molecule has 1 aromatic heterocycles. The molecule has 26 heavy (non-hydrogen) atoms. The van der Waals surface area contributed by atoms with Gasteiger partial charge in [-0.2, -0.15) is 0 Å². The smallest absolute Gasteiger partial charge is 0.193 e. The fourth-order valence-corrected chi connectivity index (χ4v) is 3.73. The largest absolute Gasteiger partial charge is 0.382 e. The van der Waals surface area contributed by atoms with Gasteiger partial charge in [0.25, 0.3) is 0 Å². The molecule has 0 aliphatic carbocycles. The van der Waals surface area contributed by atoms with Crippen molar-refractivity contribution in [3.63, 3.8) is 0 Å². The standard InChI is InChI=1S/C18H32N4O2S.HI/c1-4-19-18(20-8-5-6-17-21-15(2)14-25-17)22-9-7-16(12-22)13-24-11-10-23-3;/h14,16H,4-13H2,1-3H3,(H,19,20);1H. The fourth-order valence-electron chi connectivity index (χ4n) is 2.91. The Kier molecular flexibility index (Phi) is 12.4. The van der Waals surface area contributed by atoms with Crippen molar-refractivity contribution in [1.82, 2.24) is 15.2 Å². The van der Waals surface area contributed by atoms with Gasteiger partial charge in [0.15, 0.2) is 5.96 Å². The lowest BCUT2D eigenvalue weighted by molar-refractivity contribution is 0.0536. The maximum atomic E-state index is 5.68. The van der Waals surface area contributed by atoms with Crippen LogP contribution in [0.5, 0.6) is 0 Å². The van der Waals surface area contributed by atoms with Gasteiger partial charge in [-0.05, 0) is 26.7 Å². The van der Waals surface area contributed by atoms with E-state index < -0.39 is 0 Å². The summed E-state index contributed by atoms with van der Waals surface area (Å²) in [5.41, 5.74) is 1.12. The third kappa shape index (κ3) is 8.49. The number of nitrogens with zero attached hydrogens (tertiary/aromatic N) is 3. The molecule has 0 aromatic carbocycles. The van der Waals surface area contributed by atoms with Crippen LogP contribution in [0.4, 0.5) is 0 Å². The number of guanidine groups is 1. The van der Waals surface area contributed by atoms with Gasteiger partial charge in [0.1, 0.15) is 0 Å². The molecule has 1 aromatic rings. The minimum atomic E-state index is 0. The van der Waals surface area contributed by atoms with Crippen molar-refractivity contribution in [2.24, 2.45) is 10.9 Å². The average Bonchev–Trinajstić information content (AvgIpc) is 3.24. The van der Waals surface area contributed by atoms with Crippen LogP contribution in [0.25, 0.3) is 0 Å². The normalized spacial score (nSPS) is 17.4. The molecule has 0 radical (unpaired) electrons. The van der Waals surface area contributed by atoms with Gasteiger partial charge in [0.05, 0.1) is 24.8 Å². The molecular weight excluding hydrogens is 463 g/mol. The zero-order valence-electron chi connectivity index (χ0n) is 16.2. The number of rotatable bonds is 10. The second-order valence-corrected chi connectivity index (χ2v) is 7.33. The van der Waals surface area contributed by atoms with Crippen LogP contribution in [0.2, 0.25) is 0 Å². The lowest BCUT2D eigenvalue weighted by atomic mass is 10.1. The molecule has 1 fully saturated rings. The topological polar surface area (TPSA) is 59.0 Å². The zero-order chi connectivity index (χ0) is 17.9. The molecule has 0 saturated carbocycles. The third-order valence-corrected chi connectivity index (χ3v) is 5.21. The van der Waals surface area contributed by atoms with Crippen molar-refractivity contribution in [3.8, 4) is 0 Å². The van der Waals surface area contributed by atoms with E-state index in [4.69, 9.17) is 14.5 Å². The van der Waals surface area contributed by atoms with Gasteiger partial charge in [-0.15, -0.1) is 35.3 Å². The highest BCUT2D eigenvalue weighted by Crippen LogP contribution is 2.17. The Labute approximate surface area is 178 Å². The van der Waals surface area contributed by atoms with E-state index in [0.29, 0.717) is 19.1 Å². The van der Waals surface area contributed by atoms with Crippen LogP contribution in [0.15, 0.2) is 10.4 Å². The number of likely N-dealkylation sites (tertiary alicyclic amines) is 1. The zero-order valence-corrected chi connectivity index (χ0v) is 19.3. The first kappa shape index (κ1) is 23.6. The second kappa shape index (κ2) is 13.7. The number of aromatic nitrogens is 1. The van der Waals surface area contributed by atoms with Gasteiger partial charge in [-0.25, -0.2) is 4.98 Å². The Balaban J connectivity index is 0.00000338. The van der Waals surface area contributed by atoms with E-state index in [1.54, 1.807) is 18.4 Å². The van der Waals surface area contributed by atoms with Crippen molar-refractivity contribution >= 4 is 41.3 Å². The van der Waals surface area contributed by atoms with Crippen LogP contribution in [-0.2, 0) is 15.9 Å². The highest BCUT2D eigenvalue weighted by Gasteiger charge is 2.24. The number of nitrogens with one attached hydrogen (secondary N) is 1. The van der Waals surface area contributed by atoms with Gasteiger partial charge in [-0.1, -0.05) is 0 Å². The van der Waals surface area contributed by atoms with Crippen LogP contribution >= 0.6 is 35.3 Å². The highest BCUT2D eigenvalue weighted by molar-refractivity contribution is 14.0. The molecule has 150 valence electrons. The molecule has 0 spiro atoms. The Hall–Kier alpha value is -0.450. The van der Waals surface area contributed by atoms with Crippen molar-refractivity contribution < 1.29 is 9.47 Å². The molecule has 1 saturated heterocycles. The summed E-state index contributed by atoms with van der Waals surface area (Å²) in [7, 11) is 1.70. The van der Waals surface area contributed by atoms with E-state index in [1.807, 2.05) is 6.92 Å². The Morgan fingerprint density at radius 1 is 1.46 bits per heavy atom. The number of hydrogen-bond acceptors (Lipinski definition) is 5. The molecule has 1 N–H and O–H groups in total. The van der Waals surface area contributed by atoms with Gasteiger partial charge in [0, 0.05) is 56.7 Å². The van der Waals surface area contributed by atoms with Crippen LogP contribution in [0, 0.1) is 12.8 Å². The van der Waals surface area contributed by atoms with Crippen molar-refractivity contribution in [2.45, 2.75) is 33.1 Å². The monoisotopic (exact) mass is 496 g/mol. The van der Waals surface area contributed by atoms with Crippen molar-refractivity contribution in [2.75, 3.05) is 53.1 Å². The minimum Gasteiger partial charge on any atom is -0.382 e. The first-order chi connectivity index (χ1) is 12.2. The third-order valence-electron chi connectivity index (χ3n) is 4.18. The number of hydrogen-bond donors (Lipinski definition) is 1. The summed E-state index contributed by atoms with van der Waals surface area (Å²) in [6, 6.07) is 0. The van der Waals surface area contributed by atoms with Crippen LogP contribution < -0.4 is 5.32 Å². The lowest BCUT2D eigenvalue weighted by Crippen LogP contribution is -2.40. The van der Waals surface area contributed by atoms with E-state index >= 15 is 0 Å². The Bertz CT molecular complexity index is 527. The number of aryl methyl sites for hydroxylation is 2. The first-order valence-corrected chi connectivity index (χ1v) is 10.1. The van der Waals surface area contributed by atoms with Crippen molar-refractivity contribution in [3.05, 3.63) is 16.1 Å². The van der Waals surface area contributed by atoms with E-state index in [2.05, 4.69) is 27.5 Å². The van der Waals surface area contributed by atoms with E-state index in [1.165, 1.54) is 5.01 Å². The number of halogens is 1. The molecule has 6 nitrogen and oxygen atoms in total. The summed E-state index contributed by atoms with van der Waals surface area (Å²) in [6.07, 6.45) is 3.21. The molecule has 1 aliphatic rings. The summed E-state index contributed by atoms with van der Waals surface area (Å²) in [5.74, 6) is 1.62. The summed E-state index contributed by atoms with van der Waals surface area (Å²) < 4.78 is 10.7. The summed E-state index contributed by atoms with van der Waals surface area (Å²) in [5, 5.41) is 6.75. The van der Waals surface area contributed by atoms with Crippen LogP contribution in [0.3, 0.4) is 0 Å². The van der Waals surface area contributed by atoms with Gasteiger partial charge < -0.3 is 19.7 Å². The molecule has 0 amide bonds. The van der Waals surface area contributed by atoms with Crippen LogP contribution in [-0.4, -0.2) is 69.0 Å². The average molecular weight is 496 g/mol. The second-order valence-electron chi connectivity index (χ2n) is 6.39. The van der Waals surface area contributed by atoms with Gasteiger partial charge in [0.2, 0.25) is 0 Å². The minimum absolute atomic E-state index is 0. The molecule has 1 atom stereocenters. The lowest BCUT2D eigenvalue weighted by Gasteiger charge is -2.21. The van der Waals surface area contributed by atoms with E-state index in [0.717, 1.165) is 63.7 Å². The van der Waals surface area contributed by atoms with Gasteiger partial charge in [-0.3, -0.25) is 4.99 Å². The summed E-state index contributed by atoms with van der Waals surface area (Å²) >= 11 is 1.75. The van der Waals surface area contributed by atoms with Crippen molar-refractivity contribution in [1.29, 1.82) is 0 Å².